The molecule has 0 aliphatic rings. The third-order valence-electron chi connectivity index (χ3n) is 3.57. The molecule has 132 valence electrons. The maximum absolute atomic E-state index is 9.41. The smallest absolute Gasteiger partial charge is 0.194 e. The van der Waals surface area contributed by atoms with E-state index in [0.29, 0.717) is 13.1 Å². The van der Waals surface area contributed by atoms with Gasteiger partial charge in [-0.1, -0.05) is 24.3 Å². The molecule has 0 radical (unpaired) electrons. The number of nitrogens with zero attached hydrogens (tertiary/aromatic N) is 5. The van der Waals surface area contributed by atoms with Crippen molar-refractivity contribution < 1.29 is 5.11 Å². The van der Waals surface area contributed by atoms with Gasteiger partial charge in [-0.25, -0.2) is 9.98 Å². The van der Waals surface area contributed by atoms with Gasteiger partial charge < -0.3 is 15.3 Å². The van der Waals surface area contributed by atoms with Crippen molar-refractivity contribution in [2.24, 2.45) is 12.0 Å². The van der Waals surface area contributed by atoms with Crippen LogP contribution in [-0.2, 0) is 26.7 Å². The van der Waals surface area contributed by atoms with Crippen molar-refractivity contribution in [3.63, 3.8) is 0 Å². The fourth-order valence-electron chi connectivity index (χ4n) is 2.25. The summed E-state index contributed by atoms with van der Waals surface area (Å²) in [7, 11) is 3.84. The Balaban J connectivity index is 0.00000288. The van der Waals surface area contributed by atoms with Gasteiger partial charge in [-0.05, 0) is 18.1 Å². The highest BCUT2D eigenvalue weighted by Crippen LogP contribution is 2.10. The van der Waals surface area contributed by atoms with Crippen LogP contribution >= 0.6 is 24.0 Å². The van der Waals surface area contributed by atoms with Crippen molar-refractivity contribution in [1.82, 2.24) is 25.0 Å². The fraction of sp³-hybridized carbons (Fsp3) is 0.438. The highest BCUT2D eigenvalue weighted by molar-refractivity contribution is 14.0. The molecule has 0 saturated heterocycles. The van der Waals surface area contributed by atoms with Crippen molar-refractivity contribution in [3.05, 3.63) is 47.5 Å². The zero-order valence-corrected chi connectivity index (χ0v) is 16.6. The van der Waals surface area contributed by atoms with Crippen LogP contribution in [0.4, 0.5) is 0 Å². The number of aliphatic imine (C=N–C) groups is 1. The van der Waals surface area contributed by atoms with Crippen LogP contribution in [0.5, 0.6) is 0 Å². The van der Waals surface area contributed by atoms with Gasteiger partial charge >= 0.3 is 0 Å². The van der Waals surface area contributed by atoms with Gasteiger partial charge in [0.1, 0.15) is 12.2 Å². The Labute approximate surface area is 159 Å². The van der Waals surface area contributed by atoms with Gasteiger partial charge in [0.05, 0.1) is 19.7 Å². The molecule has 24 heavy (non-hydrogen) atoms. The van der Waals surface area contributed by atoms with E-state index >= 15 is 0 Å². The number of halogens is 1. The summed E-state index contributed by atoms with van der Waals surface area (Å²) in [6.07, 6.45) is 1.55. The van der Waals surface area contributed by atoms with E-state index in [1.807, 2.05) is 50.2 Å². The number of aliphatic hydroxyl groups excluding tert-OH is 1. The molecule has 0 unspecified atom stereocenters. The van der Waals surface area contributed by atoms with Gasteiger partial charge in [0.25, 0.3) is 0 Å². The van der Waals surface area contributed by atoms with Crippen molar-refractivity contribution in [1.29, 1.82) is 0 Å². The predicted octanol–water partition coefficient (Wildman–Crippen LogP) is 1.52. The lowest BCUT2D eigenvalue weighted by atomic mass is 10.1. The normalized spacial score (nSPS) is 11.1. The minimum absolute atomic E-state index is 0. The summed E-state index contributed by atoms with van der Waals surface area (Å²) < 4.78 is 1.75. The van der Waals surface area contributed by atoms with E-state index in [2.05, 4.69) is 20.4 Å². The molecule has 0 saturated carbocycles. The molecular weight excluding hydrogens is 419 g/mol. The number of aliphatic hydroxyl groups is 1. The molecule has 0 aliphatic heterocycles. The molecule has 0 spiro atoms. The summed E-state index contributed by atoms with van der Waals surface area (Å²) in [4.78, 5) is 10.9. The maximum atomic E-state index is 9.41. The van der Waals surface area contributed by atoms with Gasteiger partial charge in [-0.2, -0.15) is 5.10 Å². The van der Waals surface area contributed by atoms with E-state index < -0.39 is 0 Å². The minimum atomic E-state index is 0. The van der Waals surface area contributed by atoms with Crippen LogP contribution in [-0.4, -0.2) is 44.3 Å². The Hall–Kier alpha value is -1.68. The average Bonchev–Trinajstić information content (AvgIpc) is 2.96. The third kappa shape index (κ3) is 5.45. The molecule has 0 fully saturated rings. The van der Waals surface area contributed by atoms with Crippen molar-refractivity contribution in [2.45, 2.75) is 26.6 Å². The van der Waals surface area contributed by atoms with Gasteiger partial charge in [0.15, 0.2) is 5.96 Å². The SMILES string of the molecule is CCNC(=NCc1ccccc1CO)N(C)Cc1ncnn1C.I. The largest absolute Gasteiger partial charge is 0.392 e. The zero-order valence-electron chi connectivity index (χ0n) is 14.3. The molecular formula is C16H25IN6O. The Morgan fingerprint density at radius 1 is 1.33 bits per heavy atom. The molecule has 1 heterocycles. The van der Waals surface area contributed by atoms with E-state index in [9.17, 15) is 5.11 Å². The van der Waals surface area contributed by atoms with Crippen LogP contribution in [0.25, 0.3) is 0 Å². The monoisotopic (exact) mass is 444 g/mol. The van der Waals surface area contributed by atoms with E-state index in [1.165, 1.54) is 0 Å². The number of aryl methyl sites for hydroxylation is 1. The second kappa shape index (κ2) is 10.2. The second-order valence-corrected chi connectivity index (χ2v) is 5.25. The minimum Gasteiger partial charge on any atom is -0.392 e. The van der Waals surface area contributed by atoms with E-state index in [-0.39, 0.29) is 30.6 Å². The number of hydrogen-bond acceptors (Lipinski definition) is 4. The Morgan fingerprint density at radius 3 is 2.62 bits per heavy atom. The van der Waals surface area contributed by atoms with Crippen LogP contribution < -0.4 is 5.32 Å². The van der Waals surface area contributed by atoms with Gasteiger partial charge in [0, 0.05) is 20.6 Å². The van der Waals surface area contributed by atoms with Crippen LogP contribution in [0.15, 0.2) is 35.6 Å². The number of nitrogens with one attached hydrogen (secondary N) is 1. The van der Waals surface area contributed by atoms with Crippen LogP contribution in [0.2, 0.25) is 0 Å². The molecule has 0 bridgehead atoms. The van der Waals surface area contributed by atoms with E-state index in [0.717, 1.165) is 29.5 Å². The molecule has 0 atom stereocenters. The van der Waals surface area contributed by atoms with Crippen LogP contribution in [0.1, 0.15) is 23.9 Å². The van der Waals surface area contributed by atoms with Gasteiger partial charge in [-0.3, -0.25) is 4.68 Å². The lowest BCUT2D eigenvalue weighted by Gasteiger charge is -2.21. The maximum Gasteiger partial charge on any atom is 0.194 e. The molecule has 1 aromatic carbocycles. The van der Waals surface area contributed by atoms with Crippen LogP contribution in [0, 0.1) is 0 Å². The molecule has 8 heteroatoms. The molecule has 2 rings (SSSR count). The number of benzene rings is 1. The number of hydrogen-bond donors (Lipinski definition) is 2. The summed E-state index contributed by atoms with van der Waals surface area (Å²) in [6.45, 7) is 3.97. The highest BCUT2D eigenvalue weighted by atomic mass is 127. The van der Waals surface area contributed by atoms with E-state index in [4.69, 9.17) is 0 Å². The first-order chi connectivity index (χ1) is 11.2. The molecule has 0 aliphatic carbocycles. The second-order valence-electron chi connectivity index (χ2n) is 5.25. The highest BCUT2D eigenvalue weighted by Gasteiger charge is 2.10. The molecule has 2 aromatic rings. The Morgan fingerprint density at radius 2 is 2.04 bits per heavy atom. The lowest BCUT2D eigenvalue weighted by molar-refractivity contribution is 0.280. The Bertz CT molecular complexity index is 658. The summed E-state index contributed by atoms with van der Waals surface area (Å²) in [5.41, 5.74) is 1.93. The zero-order chi connectivity index (χ0) is 16.7. The summed E-state index contributed by atoms with van der Waals surface area (Å²) in [5, 5.41) is 16.8. The number of aromatic nitrogens is 3. The van der Waals surface area contributed by atoms with Crippen LogP contribution in [0.3, 0.4) is 0 Å². The lowest BCUT2D eigenvalue weighted by Crippen LogP contribution is -2.39. The van der Waals surface area contributed by atoms with Gasteiger partial charge in [-0.15, -0.1) is 24.0 Å². The first-order valence-electron chi connectivity index (χ1n) is 7.65. The Kier molecular flexibility index (Phi) is 8.69. The first-order valence-corrected chi connectivity index (χ1v) is 7.65. The van der Waals surface area contributed by atoms with E-state index in [1.54, 1.807) is 11.0 Å². The number of guanidine groups is 1. The summed E-state index contributed by atoms with van der Waals surface area (Å²) >= 11 is 0. The van der Waals surface area contributed by atoms with Crippen molar-refractivity contribution in [2.75, 3.05) is 13.6 Å². The first kappa shape index (κ1) is 20.4. The predicted molar refractivity (Wildman–Crippen MR) is 105 cm³/mol. The summed E-state index contributed by atoms with van der Waals surface area (Å²) in [6, 6.07) is 7.78. The quantitative estimate of drug-likeness (QED) is 0.402. The van der Waals surface area contributed by atoms with Gasteiger partial charge in [0.2, 0.25) is 0 Å². The topological polar surface area (TPSA) is 78.6 Å². The molecule has 1 aromatic heterocycles. The fourth-order valence-corrected chi connectivity index (χ4v) is 2.25. The molecule has 0 amide bonds. The third-order valence-corrected chi connectivity index (χ3v) is 3.57. The molecule has 7 nitrogen and oxygen atoms in total. The van der Waals surface area contributed by atoms with Crippen molar-refractivity contribution in [3.8, 4) is 0 Å². The molecule has 2 N–H and O–H groups in total. The number of rotatable bonds is 6. The standard InChI is InChI=1S/C16H24N6O.HI/c1-4-17-16(21(2)10-15-19-12-20-22(15)3)18-9-13-7-5-6-8-14(13)11-23;/h5-8,12,23H,4,9-11H2,1-3H3,(H,17,18);1H. The summed E-state index contributed by atoms with van der Waals surface area (Å²) in [5.74, 6) is 1.66. The average molecular weight is 444 g/mol. The van der Waals surface area contributed by atoms with Crippen molar-refractivity contribution >= 4 is 29.9 Å².